The molecule has 1 aliphatic rings. The Kier molecular flexibility index (Phi) is 6.98. The Hall–Kier alpha value is -3.89. The van der Waals surface area contributed by atoms with Crippen LogP contribution < -0.4 is 15.0 Å². The number of rotatable bonds is 5. The smallest absolute Gasteiger partial charge is 0.410 e. The number of nitrogens with one attached hydrogen (secondary N) is 1. The lowest BCUT2D eigenvalue weighted by Gasteiger charge is -2.47. The number of aryl methyl sites for hydroxylation is 1. The molecule has 1 saturated heterocycles. The molecule has 0 aromatic carbocycles. The molecule has 0 bridgehead atoms. The Morgan fingerprint density at radius 1 is 1.14 bits per heavy atom. The Morgan fingerprint density at radius 3 is 2.51 bits per heavy atom. The molecule has 4 heterocycles. The molecule has 3 aromatic rings. The van der Waals surface area contributed by atoms with E-state index in [9.17, 15) is 9.59 Å². The van der Waals surface area contributed by atoms with Crippen LogP contribution in [0.3, 0.4) is 0 Å². The maximum atomic E-state index is 13.1. The number of aromatic nitrogens is 4. The van der Waals surface area contributed by atoms with Gasteiger partial charge < -0.3 is 19.7 Å². The normalized spacial score (nSPS) is 15.5. The van der Waals surface area contributed by atoms with E-state index in [1.807, 2.05) is 60.6 Å². The largest absolute Gasteiger partial charge is 0.491 e. The van der Waals surface area contributed by atoms with Crippen molar-refractivity contribution >= 4 is 29.2 Å². The van der Waals surface area contributed by atoms with Gasteiger partial charge in [-0.15, -0.1) is 10.2 Å². The second-order valence-corrected chi connectivity index (χ2v) is 10.7. The van der Waals surface area contributed by atoms with E-state index >= 15 is 0 Å². The van der Waals surface area contributed by atoms with Gasteiger partial charge in [-0.2, -0.15) is 5.10 Å². The number of piperazine rings is 1. The van der Waals surface area contributed by atoms with Gasteiger partial charge in [0.25, 0.3) is 5.91 Å². The minimum Gasteiger partial charge on any atom is -0.491 e. The van der Waals surface area contributed by atoms with E-state index in [0.29, 0.717) is 49.2 Å². The molecule has 1 N–H and O–H groups in total. The summed E-state index contributed by atoms with van der Waals surface area (Å²) in [4.78, 5) is 29.6. The number of carbonyl (C=O) groups is 2. The summed E-state index contributed by atoms with van der Waals surface area (Å²) in [5.74, 6) is 1.08. The lowest BCUT2D eigenvalue weighted by Crippen LogP contribution is -2.62. The zero-order chi connectivity index (χ0) is 27.0. The Balaban J connectivity index is 1.45. The Morgan fingerprint density at radius 2 is 1.89 bits per heavy atom. The molecule has 1 aliphatic heterocycles. The van der Waals surface area contributed by atoms with E-state index < -0.39 is 11.1 Å². The molecule has 0 radical (unpaired) electrons. The monoisotopic (exact) mass is 509 g/mol. The quantitative estimate of drug-likeness (QED) is 0.551. The van der Waals surface area contributed by atoms with Crippen LogP contribution in [0.2, 0.25) is 0 Å². The molecule has 198 valence electrons. The van der Waals surface area contributed by atoms with Crippen LogP contribution in [0.4, 0.5) is 16.4 Å². The van der Waals surface area contributed by atoms with E-state index in [-0.39, 0.29) is 12.0 Å². The summed E-state index contributed by atoms with van der Waals surface area (Å²) in [6.45, 7) is 15.4. The second-order valence-electron chi connectivity index (χ2n) is 10.7. The number of hydrogen-bond acceptors (Lipinski definition) is 8. The number of pyridine rings is 1. The average molecular weight is 510 g/mol. The Labute approximate surface area is 216 Å². The van der Waals surface area contributed by atoms with Crippen molar-refractivity contribution in [3.8, 4) is 5.75 Å². The standard InChI is InChI=1S/C26H35N7O4/c1-8-36-20-15-33-18(13-17(2)30-33)14-19(20)23(34)27-21-9-10-22(29-28-21)31-11-12-32(26(6,7)16-31)24(35)37-25(3,4)5/h9-10,13-15H,8,11-12,16H2,1-7H3,(H,27,28,34). The van der Waals surface area contributed by atoms with Crippen LogP contribution in [0, 0.1) is 6.92 Å². The first-order valence-electron chi connectivity index (χ1n) is 12.4. The first-order valence-corrected chi connectivity index (χ1v) is 12.4. The van der Waals surface area contributed by atoms with E-state index in [4.69, 9.17) is 9.47 Å². The van der Waals surface area contributed by atoms with Crippen LogP contribution in [0.15, 0.2) is 30.5 Å². The minimum absolute atomic E-state index is 0.322. The van der Waals surface area contributed by atoms with Gasteiger partial charge in [0.2, 0.25) is 0 Å². The molecule has 2 amide bonds. The molecular formula is C26H35N7O4. The number of ether oxygens (including phenoxy) is 2. The summed E-state index contributed by atoms with van der Waals surface area (Å²) in [5.41, 5.74) is 1.01. The predicted molar refractivity (Wildman–Crippen MR) is 140 cm³/mol. The molecule has 0 aliphatic carbocycles. The molecule has 37 heavy (non-hydrogen) atoms. The van der Waals surface area contributed by atoms with E-state index in [1.165, 1.54) is 0 Å². The van der Waals surface area contributed by atoms with Gasteiger partial charge in [-0.1, -0.05) is 0 Å². The zero-order valence-electron chi connectivity index (χ0n) is 22.5. The van der Waals surface area contributed by atoms with Crippen molar-refractivity contribution in [1.82, 2.24) is 24.7 Å². The van der Waals surface area contributed by atoms with Gasteiger partial charge in [0.1, 0.15) is 11.4 Å². The van der Waals surface area contributed by atoms with Crippen molar-refractivity contribution in [2.75, 3.05) is 36.5 Å². The summed E-state index contributed by atoms with van der Waals surface area (Å²) < 4.78 is 13.0. The van der Waals surface area contributed by atoms with Crippen LogP contribution in [0.25, 0.3) is 5.52 Å². The number of fused-ring (bicyclic) bond motifs is 1. The molecule has 1 fully saturated rings. The second kappa shape index (κ2) is 9.87. The molecule has 11 heteroatoms. The first kappa shape index (κ1) is 26.2. The van der Waals surface area contributed by atoms with Gasteiger partial charge in [0.15, 0.2) is 11.6 Å². The molecule has 3 aromatic heterocycles. The fraction of sp³-hybridized carbons (Fsp3) is 0.500. The molecule has 4 rings (SSSR count). The maximum Gasteiger partial charge on any atom is 0.410 e. The van der Waals surface area contributed by atoms with Crippen molar-refractivity contribution in [1.29, 1.82) is 0 Å². The number of anilines is 2. The summed E-state index contributed by atoms with van der Waals surface area (Å²) >= 11 is 0. The van der Waals surface area contributed by atoms with Crippen molar-refractivity contribution in [2.24, 2.45) is 0 Å². The predicted octanol–water partition coefficient (Wildman–Crippen LogP) is 3.92. The highest BCUT2D eigenvalue weighted by Gasteiger charge is 2.39. The van der Waals surface area contributed by atoms with Crippen LogP contribution in [-0.2, 0) is 4.74 Å². The van der Waals surface area contributed by atoms with Crippen LogP contribution >= 0.6 is 0 Å². The number of nitrogens with zero attached hydrogens (tertiary/aromatic N) is 6. The van der Waals surface area contributed by atoms with Crippen molar-refractivity contribution < 1.29 is 19.1 Å². The van der Waals surface area contributed by atoms with E-state index in [2.05, 4.69) is 25.5 Å². The number of amides is 2. The van der Waals surface area contributed by atoms with Gasteiger partial charge in [-0.3, -0.25) is 9.69 Å². The number of hydrogen-bond donors (Lipinski definition) is 1. The molecule has 0 spiro atoms. The van der Waals surface area contributed by atoms with Gasteiger partial charge in [0, 0.05) is 19.6 Å². The van der Waals surface area contributed by atoms with Gasteiger partial charge in [-0.05, 0) is 72.7 Å². The average Bonchev–Trinajstić information content (AvgIpc) is 3.16. The fourth-order valence-corrected chi connectivity index (χ4v) is 4.35. The maximum absolute atomic E-state index is 13.1. The third-order valence-electron chi connectivity index (χ3n) is 5.96. The van der Waals surface area contributed by atoms with E-state index in [0.717, 1.165) is 11.2 Å². The first-order chi connectivity index (χ1) is 17.4. The Bertz CT molecular complexity index is 1290. The topological polar surface area (TPSA) is 114 Å². The van der Waals surface area contributed by atoms with E-state index in [1.54, 1.807) is 27.7 Å². The molecule has 0 atom stereocenters. The highest BCUT2D eigenvalue weighted by Crippen LogP contribution is 2.27. The third-order valence-corrected chi connectivity index (χ3v) is 5.96. The summed E-state index contributed by atoms with van der Waals surface area (Å²) in [6, 6.07) is 7.17. The molecule has 0 saturated carbocycles. The van der Waals surface area contributed by atoms with Crippen LogP contribution in [-0.4, -0.2) is 74.1 Å². The highest BCUT2D eigenvalue weighted by molar-refractivity contribution is 6.06. The third kappa shape index (κ3) is 5.92. The fourth-order valence-electron chi connectivity index (χ4n) is 4.35. The highest BCUT2D eigenvalue weighted by atomic mass is 16.6. The van der Waals surface area contributed by atoms with Crippen LogP contribution in [0.1, 0.15) is 57.6 Å². The SMILES string of the molecule is CCOc1cn2nc(C)cc2cc1C(=O)Nc1ccc(N2CCN(C(=O)OC(C)(C)C)C(C)(C)C2)nn1. The summed E-state index contributed by atoms with van der Waals surface area (Å²) in [5, 5.41) is 15.8. The minimum atomic E-state index is -0.553. The summed E-state index contributed by atoms with van der Waals surface area (Å²) in [6.07, 6.45) is 1.38. The number of carbonyl (C=O) groups excluding carboxylic acids is 2. The van der Waals surface area contributed by atoms with Gasteiger partial charge in [0.05, 0.1) is 35.1 Å². The molecule has 11 nitrogen and oxygen atoms in total. The lowest BCUT2D eigenvalue weighted by atomic mass is 9.99. The summed E-state index contributed by atoms with van der Waals surface area (Å²) in [7, 11) is 0. The molecular weight excluding hydrogens is 474 g/mol. The van der Waals surface area contributed by atoms with Crippen molar-refractivity contribution in [3.63, 3.8) is 0 Å². The van der Waals surface area contributed by atoms with Crippen molar-refractivity contribution in [2.45, 2.75) is 59.6 Å². The molecule has 0 unspecified atom stereocenters. The lowest BCUT2D eigenvalue weighted by molar-refractivity contribution is 0.000293. The van der Waals surface area contributed by atoms with Gasteiger partial charge in [-0.25, -0.2) is 9.31 Å². The van der Waals surface area contributed by atoms with Crippen molar-refractivity contribution in [3.05, 3.63) is 41.7 Å². The van der Waals surface area contributed by atoms with Gasteiger partial charge >= 0.3 is 6.09 Å². The van der Waals surface area contributed by atoms with Crippen LogP contribution in [0.5, 0.6) is 5.75 Å². The zero-order valence-corrected chi connectivity index (χ0v) is 22.5.